The van der Waals surface area contributed by atoms with Crippen LogP contribution in [0.3, 0.4) is 0 Å². The molecule has 0 spiro atoms. The Bertz CT molecular complexity index is 1260. The monoisotopic (exact) mass is 741 g/mol. The molecule has 7 heteroatoms. The molecule has 45 heavy (non-hydrogen) atoms. The van der Waals surface area contributed by atoms with Gasteiger partial charge in [0.2, 0.25) is 0 Å². The number of allylic oxidation sites excluding steroid dienone is 2. The van der Waals surface area contributed by atoms with Crippen molar-refractivity contribution < 1.29 is 25.7 Å². The molecular weight excluding hydrogens is 685 g/mol. The third-order valence-electron chi connectivity index (χ3n) is 7.51. The van der Waals surface area contributed by atoms with Gasteiger partial charge in [-0.3, -0.25) is 0 Å². The van der Waals surface area contributed by atoms with Gasteiger partial charge in [-0.1, -0.05) is 150 Å². The fraction of sp³-hybridized carbons (Fsp3) is 0.447. The molecule has 0 bridgehead atoms. The molecule has 1 aliphatic carbocycles. The molecule has 4 rings (SSSR count). The van der Waals surface area contributed by atoms with E-state index < -0.39 is 16.1 Å². The summed E-state index contributed by atoms with van der Waals surface area (Å²) in [5.41, 5.74) is 2.93. The number of sulfonamides is 1. The minimum atomic E-state index is -3.85. The third kappa shape index (κ3) is 15.6. The molecule has 0 heterocycles. The van der Waals surface area contributed by atoms with Crippen LogP contribution in [0.4, 0.5) is 0 Å². The Hall–Kier alpha value is -1.82. The normalized spacial score (nSPS) is 16.6. The summed E-state index contributed by atoms with van der Waals surface area (Å²) >= 11 is 1.82. The van der Waals surface area contributed by atoms with Crippen LogP contribution in [0.15, 0.2) is 102 Å². The first-order chi connectivity index (χ1) is 21.4. The molecule has 0 fully saturated rings. The molecule has 0 radical (unpaired) electrons. The molecule has 0 amide bonds. The van der Waals surface area contributed by atoms with Crippen LogP contribution in [0.2, 0.25) is 0 Å². The van der Waals surface area contributed by atoms with Crippen LogP contribution in [0.1, 0.15) is 102 Å². The van der Waals surface area contributed by atoms with Crippen molar-refractivity contribution in [2.75, 3.05) is 6.54 Å². The Morgan fingerprint density at radius 3 is 1.89 bits per heavy atom. The zero-order valence-corrected chi connectivity index (χ0v) is 31.7. The number of nitrogens with zero attached hydrogens (tertiary/aromatic N) is 1. The fourth-order valence-corrected chi connectivity index (χ4v) is 6.32. The van der Waals surface area contributed by atoms with Crippen LogP contribution >= 0.6 is 9.69 Å². The van der Waals surface area contributed by atoms with Gasteiger partial charge in [0.25, 0.3) is 0 Å². The average molecular weight is 741 g/mol. The summed E-state index contributed by atoms with van der Waals surface area (Å²) in [4.78, 5) is 0.224. The summed E-state index contributed by atoms with van der Waals surface area (Å²) in [6.07, 6.45) is 12.1. The molecule has 4 nitrogen and oxygen atoms in total. The van der Waals surface area contributed by atoms with Crippen LogP contribution in [0.5, 0.6) is 0 Å². The van der Waals surface area contributed by atoms with Gasteiger partial charge in [0, 0.05) is 10.9 Å². The van der Waals surface area contributed by atoms with Gasteiger partial charge in [-0.25, -0.2) is 8.42 Å². The Labute approximate surface area is 290 Å². The molecule has 250 valence electrons. The van der Waals surface area contributed by atoms with Crippen molar-refractivity contribution >= 4 is 19.7 Å². The molecule has 1 N–H and O–H groups in total. The summed E-state index contributed by atoms with van der Waals surface area (Å²) in [5, 5.41) is 3.69. The molecule has 0 unspecified atom stereocenters. The van der Waals surface area contributed by atoms with Crippen molar-refractivity contribution in [3.63, 3.8) is 0 Å². The molecule has 4 atom stereocenters. The number of hydrogen-bond donors (Lipinski definition) is 1. The van der Waals surface area contributed by atoms with Crippen molar-refractivity contribution in [2.45, 2.75) is 97.0 Å². The van der Waals surface area contributed by atoms with E-state index in [0.29, 0.717) is 0 Å². The Morgan fingerprint density at radius 1 is 0.800 bits per heavy atom. The van der Waals surface area contributed by atoms with Gasteiger partial charge in [-0.05, 0) is 68.7 Å². The number of rotatable bonds is 13. The Morgan fingerprint density at radius 2 is 1.36 bits per heavy atom. The second-order valence-electron chi connectivity index (χ2n) is 10.6. The minimum absolute atomic E-state index is 0. The predicted octanol–water partition coefficient (Wildman–Crippen LogP) is 11.5. The third-order valence-corrected chi connectivity index (χ3v) is 8.88. The van der Waals surface area contributed by atoms with Crippen molar-refractivity contribution in [1.82, 2.24) is 5.32 Å². The Kier molecular flexibility index (Phi) is 24.3. The van der Waals surface area contributed by atoms with E-state index in [1.807, 2.05) is 113 Å². The van der Waals surface area contributed by atoms with Crippen LogP contribution in [-0.2, 0) is 27.3 Å². The number of unbranched alkanes of at least 4 members (excludes halogenated alkanes) is 2. The number of hydrogen-bond acceptors (Lipinski definition) is 3. The molecule has 0 saturated carbocycles. The number of halogens is 1. The van der Waals surface area contributed by atoms with Crippen molar-refractivity contribution in [3.8, 4) is 0 Å². The van der Waals surface area contributed by atoms with Crippen molar-refractivity contribution in [2.24, 2.45) is 11.8 Å². The van der Waals surface area contributed by atoms with Crippen LogP contribution in [0.25, 0.3) is 4.72 Å². The maximum absolute atomic E-state index is 13.4. The predicted molar refractivity (Wildman–Crippen MR) is 193 cm³/mol. The van der Waals surface area contributed by atoms with Crippen LogP contribution in [-0.4, -0.2) is 15.0 Å². The van der Waals surface area contributed by atoms with Crippen LogP contribution < -0.4 is 5.32 Å². The molecule has 0 aliphatic heterocycles. The standard InChI is InChI=1S/C33H41N2O2S.2C2H6.CH3.ClH.Ru/c1-26-17-21-28(22-18-26)12-6-5-11-25-34-32(29-13-7-3-8-14-29)33(30-15-9-4-10-16-30)35-38(36,37)31-23-19-27(2)20-24-31;2*1-2;;;/h3-4,7-10,13-17,19-21,23-24,26,28,32-34H,5-6,11-12,18,22,25H2,1-2H3;2*1-2H3;1H3;1H;/q-1;;;-1;;+4/p-1/t26-,28+,32+,33+;;;;;/m0...../s1. The summed E-state index contributed by atoms with van der Waals surface area (Å²) in [7, 11) is 0.714. The fourth-order valence-electron chi connectivity index (χ4n) is 5.18. The molecule has 3 aromatic rings. The average Bonchev–Trinajstić information content (AvgIpc) is 3.08. The SMILES string of the molecule is CC.CC.Cc1ccc(S(=O)(=O)[N-][C@H](c2ccccc2)[C@H](NCCCCC[C@@H]2C=C[C@H](C)CC2)c2ccccc2)cc1.[CH3-].[Cl][Ru+3]. The summed E-state index contributed by atoms with van der Waals surface area (Å²) in [6.45, 7) is 13.0. The first kappa shape index (κ1) is 43.2. The van der Waals surface area contributed by atoms with Gasteiger partial charge in [-0.2, -0.15) is 0 Å². The van der Waals surface area contributed by atoms with E-state index in [1.54, 1.807) is 12.1 Å². The number of nitrogens with one attached hydrogen (secondary N) is 1. The van der Waals surface area contributed by atoms with Gasteiger partial charge < -0.3 is 17.5 Å². The maximum atomic E-state index is 13.4. The summed E-state index contributed by atoms with van der Waals surface area (Å²) < 4.78 is 31.4. The number of aryl methyl sites for hydroxylation is 1. The first-order valence-electron chi connectivity index (χ1n) is 16.1. The quantitative estimate of drug-likeness (QED) is 0.0821. The van der Waals surface area contributed by atoms with E-state index in [0.717, 1.165) is 47.9 Å². The Balaban J connectivity index is 0.00000261. The zero-order chi connectivity index (χ0) is 32.8. The molecule has 0 saturated heterocycles. The van der Waals surface area contributed by atoms with Gasteiger partial charge in [-0.15, -0.1) is 0 Å². The molecule has 3 aromatic carbocycles. The number of benzene rings is 3. The molecule has 0 aromatic heterocycles. The topological polar surface area (TPSA) is 60.3 Å². The van der Waals surface area contributed by atoms with Crippen LogP contribution in [0, 0.1) is 26.2 Å². The van der Waals surface area contributed by atoms with E-state index in [2.05, 4.69) is 50.9 Å². The first-order valence-corrected chi connectivity index (χ1v) is 19.8. The molecular formula is C38H56ClN2O2RuS+. The molecule has 1 aliphatic rings. The van der Waals surface area contributed by atoms with E-state index in [9.17, 15) is 8.42 Å². The van der Waals surface area contributed by atoms with Crippen molar-refractivity contribution in [3.05, 3.63) is 126 Å². The van der Waals surface area contributed by atoms with Crippen molar-refractivity contribution in [1.29, 1.82) is 0 Å². The zero-order valence-electron chi connectivity index (χ0n) is 28.4. The summed E-state index contributed by atoms with van der Waals surface area (Å²) in [5.74, 6) is 1.45. The van der Waals surface area contributed by atoms with Gasteiger partial charge in [0.05, 0.1) is 0 Å². The van der Waals surface area contributed by atoms with Gasteiger partial charge >= 0.3 is 27.0 Å². The summed E-state index contributed by atoms with van der Waals surface area (Å²) in [6, 6.07) is 25.9. The van der Waals surface area contributed by atoms with E-state index in [-0.39, 0.29) is 18.4 Å². The van der Waals surface area contributed by atoms with E-state index in [4.69, 9.17) is 0 Å². The second kappa shape index (κ2) is 25.3. The second-order valence-corrected chi connectivity index (χ2v) is 12.3. The van der Waals surface area contributed by atoms with E-state index >= 15 is 0 Å². The van der Waals surface area contributed by atoms with Gasteiger partial charge in [0.1, 0.15) is 10.0 Å². The van der Waals surface area contributed by atoms with Gasteiger partial charge in [0.15, 0.2) is 0 Å². The van der Waals surface area contributed by atoms with E-state index in [1.165, 1.54) is 25.7 Å².